The molecule has 2 aliphatic heterocycles. The van der Waals surface area contributed by atoms with Gasteiger partial charge in [0.1, 0.15) is 13.2 Å². The molecule has 0 unspecified atom stereocenters. The van der Waals surface area contributed by atoms with Crippen molar-refractivity contribution in [2.24, 2.45) is 0 Å². The number of amides is 1. The van der Waals surface area contributed by atoms with Crippen LogP contribution in [0, 0.1) is 0 Å². The summed E-state index contributed by atoms with van der Waals surface area (Å²) >= 11 is 0. The highest BCUT2D eigenvalue weighted by molar-refractivity contribution is 6.00. The number of hydrogen-bond acceptors (Lipinski definition) is 6. The summed E-state index contributed by atoms with van der Waals surface area (Å²) in [6.07, 6.45) is 5.23. The molecule has 0 saturated carbocycles. The number of ether oxygens (including phenoxy) is 2. The molecule has 0 atom stereocenters. The highest BCUT2D eigenvalue weighted by Crippen LogP contribution is 2.35. The molecule has 4 heterocycles. The predicted molar refractivity (Wildman–Crippen MR) is 110 cm³/mol. The van der Waals surface area contributed by atoms with Gasteiger partial charge in [-0.2, -0.15) is 5.10 Å². The summed E-state index contributed by atoms with van der Waals surface area (Å²) in [5.74, 6) is 1.41. The van der Waals surface area contributed by atoms with E-state index in [1.807, 2.05) is 47.6 Å². The van der Waals surface area contributed by atoms with Gasteiger partial charge in [-0.15, -0.1) is 0 Å². The number of H-pyrrole nitrogens is 1. The Morgan fingerprint density at radius 1 is 1.00 bits per heavy atom. The van der Waals surface area contributed by atoms with Crippen LogP contribution < -0.4 is 9.47 Å². The minimum absolute atomic E-state index is 0.00259. The van der Waals surface area contributed by atoms with Crippen LogP contribution in [0.1, 0.15) is 15.9 Å². The second-order valence-electron chi connectivity index (χ2n) is 7.44. The fourth-order valence-corrected chi connectivity index (χ4v) is 3.89. The van der Waals surface area contributed by atoms with Gasteiger partial charge >= 0.3 is 0 Å². The Labute approximate surface area is 174 Å². The van der Waals surface area contributed by atoms with E-state index in [0.29, 0.717) is 43.3 Å². The summed E-state index contributed by atoms with van der Waals surface area (Å²) in [4.78, 5) is 21.5. The van der Waals surface area contributed by atoms with Gasteiger partial charge in [-0.05, 0) is 35.9 Å². The minimum atomic E-state index is -0.00259. The molecule has 154 valence electrons. The van der Waals surface area contributed by atoms with E-state index in [1.54, 1.807) is 6.20 Å². The number of carbonyl (C=O) groups is 1. The molecule has 1 amide bonds. The van der Waals surface area contributed by atoms with Crippen molar-refractivity contribution < 1.29 is 14.3 Å². The van der Waals surface area contributed by atoms with Crippen LogP contribution in [-0.2, 0) is 6.54 Å². The predicted octanol–water partition coefficient (Wildman–Crippen LogP) is 2.20. The number of nitrogens with one attached hydrogen (secondary N) is 1. The van der Waals surface area contributed by atoms with Crippen LogP contribution in [0.4, 0.5) is 0 Å². The number of pyridine rings is 1. The number of rotatable bonds is 4. The summed E-state index contributed by atoms with van der Waals surface area (Å²) in [5, 5.41) is 7.12. The van der Waals surface area contributed by atoms with E-state index in [2.05, 4.69) is 20.1 Å². The molecule has 1 aromatic carbocycles. The highest BCUT2D eigenvalue weighted by atomic mass is 16.6. The normalized spacial score (nSPS) is 16.5. The molecule has 1 N–H and O–H groups in total. The summed E-state index contributed by atoms with van der Waals surface area (Å²) in [6.45, 7) is 5.00. The fraction of sp³-hybridized carbons (Fsp3) is 0.318. The number of nitrogens with zero attached hydrogens (tertiary/aromatic N) is 4. The first-order valence-corrected chi connectivity index (χ1v) is 10.1. The molecule has 0 spiro atoms. The Balaban J connectivity index is 1.27. The summed E-state index contributed by atoms with van der Waals surface area (Å²) in [7, 11) is 0. The third kappa shape index (κ3) is 3.73. The molecule has 2 aromatic heterocycles. The van der Waals surface area contributed by atoms with Crippen molar-refractivity contribution in [2.75, 3.05) is 39.4 Å². The Morgan fingerprint density at radius 3 is 2.57 bits per heavy atom. The fourth-order valence-electron chi connectivity index (χ4n) is 3.89. The molecular formula is C22H23N5O3. The lowest BCUT2D eigenvalue weighted by Crippen LogP contribution is -2.48. The number of aromatic nitrogens is 3. The van der Waals surface area contributed by atoms with Gasteiger partial charge in [0.25, 0.3) is 5.91 Å². The second kappa shape index (κ2) is 8.16. The number of benzene rings is 1. The van der Waals surface area contributed by atoms with Crippen molar-refractivity contribution in [3.8, 4) is 22.8 Å². The lowest BCUT2D eigenvalue weighted by Gasteiger charge is -2.34. The zero-order valence-corrected chi connectivity index (χ0v) is 16.6. The van der Waals surface area contributed by atoms with Crippen LogP contribution in [0.2, 0.25) is 0 Å². The van der Waals surface area contributed by atoms with Crippen molar-refractivity contribution in [1.29, 1.82) is 0 Å². The monoisotopic (exact) mass is 405 g/mol. The summed E-state index contributed by atoms with van der Waals surface area (Å²) in [5.41, 5.74) is 3.38. The minimum Gasteiger partial charge on any atom is -0.486 e. The van der Waals surface area contributed by atoms with Crippen molar-refractivity contribution in [2.45, 2.75) is 6.54 Å². The molecule has 30 heavy (non-hydrogen) atoms. The first kappa shape index (κ1) is 18.6. The smallest absolute Gasteiger partial charge is 0.257 e. The SMILES string of the molecule is O=C(c1cn[nH]c1-c1ccc2c(c1)OCCO2)N1CCN(Cc2ccncc2)CC1. The summed E-state index contributed by atoms with van der Waals surface area (Å²) < 4.78 is 11.3. The maximum absolute atomic E-state index is 13.2. The Hall–Kier alpha value is -3.39. The number of aromatic amines is 1. The lowest BCUT2D eigenvalue weighted by atomic mass is 10.1. The Kier molecular flexibility index (Phi) is 5.06. The molecule has 8 nitrogen and oxygen atoms in total. The Bertz CT molecular complexity index is 1030. The first-order chi connectivity index (χ1) is 14.8. The lowest BCUT2D eigenvalue weighted by molar-refractivity contribution is 0.0629. The molecule has 1 saturated heterocycles. The van der Waals surface area contributed by atoms with E-state index in [-0.39, 0.29) is 5.91 Å². The molecule has 0 radical (unpaired) electrons. The van der Waals surface area contributed by atoms with Crippen molar-refractivity contribution in [1.82, 2.24) is 25.0 Å². The van der Waals surface area contributed by atoms with Gasteiger partial charge in [-0.3, -0.25) is 19.8 Å². The van der Waals surface area contributed by atoms with Gasteiger partial charge in [0.2, 0.25) is 0 Å². The number of fused-ring (bicyclic) bond motifs is 1. The van der Waals surface area contributed by atoms with Gasteiger partial charge < -0.3 is 14.4 Å². The zero-order chi connectivity index (χ0) is 20.3. The van der Waals surface area contributed by atoms with Gasteiger partial charge in [0, 0.05) is 50.7 Å². The molecule has 5 rings (SSSR count). The van der Waals surface area contributed by atoms with Gasteiger partial charge in [-0.25, -0.2) is 0 Å². The van der Waals surface area contributed by atoms with Crippen LogP contribution >= 0.6 is 0 Å². The summed E-state index contributed by atoms with van der Waals surface area (Å²) in [6, 6.07) is 9.75. The van der Waals surface area contributed by atoms with Gasteiger partial charge in [0.15, 0.2) is 11.5 Å². The Morgan fingerprint density at radius 2 is 1.77 bits per heavy atom. The maximum atomic E-state index is 13.2. The average molecular weight is 405 g/mol. The first-order valence-electron chi connectivity index (χ1n) is 10.1. The molecule has 0 aliphatic carbocycles. The topological polar surface area (TPSA) is 83.6 Å². The van der Waals surface area contributed by atoms with Crippen molar-refractivity contribution in [3.63, 3.8) is 0 Å². The highest BCUT2D eigenvalue weighted by Gasteiger charge is 2.26. The number of carbonyl (C=O) groups excluding carboxylic acids is 1. The standard InChI is InChI=1S/C22H23N5O3/c28-22(27-9-7-26(8-10-27)15-16-3-5-23-6-4-16)18-14-24-25-21(18)17-1-2-19-20(13-17)30-12-11-29-19/h1-6,13-14H,7-12,15H2,(H,24,25). The number of piperazine rings is 1. The molecule has 3 aromatic rings. The van der Waals surface area contributed by atoms with Crippen molar-refractivity contribution >= 4 is 5.91 Å². The number of hydrogen-bond donors (Lipinski definition) is 1. The van der Waals surface area contributed by atoms with E-state index in [9.17, 15) is 4.79 Å². The quantitative estimate of drug-likeness (QED) is 0.717. The largest absolute Gasteiger partial charge is 0.486 e. The molecule has 0 bridgehead atoms. The third-order valence-corrected chi connectivity index (χ3v) is 5.52. The van der Waals surface area contributed by atoms with Crippen LogP contribution in [0.25, 0.3) is 11.3 Å². The second-order valence-corrected chi connectivity index (χ2v) is 7.44. The van der Waals surface area contributed by atoms with E-state index in [4.69, 9.17) is 9.47 Å². The molecular weight excluding hydrogens is 382 g/mol. The molecule has 8 heteroatoms. The molecule has 2 aliphatic rings. The van der Waals surface area contributed by atoms with Crippen molar-refractivity contribution in [3.05, 3.63) is 60.0 Å². The average Bonchev–Trinajstić information content (AvgIpc) is 3.29. The van der Waals surface area contributed by atoms with Crippen LogP contribution in [0.3, 0.4) is 0 Å². The van der Waals surface area contributed by atoms with E-state index >= 15 is 0 Å². The zero-order valence-electron chi connectivity index (χ0n) is 16.6. The van der Waals surface area contributed by atoms with E-state index in [0.717, 1.165) is 30.9 Å². The van der Waals surface area contributed by atoms with Gasteiger partial charge in [0.05, 0.1) is 17.5 Å². The van der Waals surface area contributed by atoms with Crippen LogP contribution in [0.15, 0.2) is 48.9 Å². The van der Waals surface area contributed by atoms with Gasteiger partial charge in [-0.1, -0.05) is 0 Å². The van der Waals surface area contributed by atoms with Crippen LogP contribution in [-0.4, -0.2) is 70.3 Å². The maximum Gasteiger partial charge on any atom is 0.257 e. The van der Waals surface area contributed by atoms with E-state index in [1.165, 1.54) is 5.56 Å². The molecule has 1 fully saturated rings. The van der Waals surface area contributed by atoms with E-state index < -0.39 is 0 Å². The third-order valence-electron chi connectivity index (χ3n) is 5.52. The van der Waals surface area contributed by atoms with Crippen LogP contribution in [0.5, 0.6) is 11.5 Å².